The highest BCUT2D eigenvalue weighted by molar-refractivity contribution is 5.64. The predicted octanol–water partition coefficient (Wildman–Crippen LogP) is 3.43. The molecule has 1 aliphatic rings. The van der Waals surface area contributed by atoms with Gasteiger partial charge in [-0.2, -0.15) is 15.8 Å². The van der Waals surface area contributed by atoms with E-state index in [4.69, 9.17) is 15.3 Å². The van der Waals surface area contributed by atoms with Crippen molar-refractivity contribution in [2.45, 2.75) is 19.4 Å². The third-order valence-electron chi connectivity index (χ3n) is 3.25. The Morgan fingerprint density at radius 3 is 2.32 bits per heavy atom. The Morgan fingerprint density at radius 2 is 1.77 bits per heavy atom. The van der Waals surface area contributed by atoms with E-state index in [2.05, 4.69) is 6.07 Å². The lowest BCUT2D eigenvalue weighted by atomic mass is 9.94. The molecule has 0 atom stereocenters. The number of benzene rings is 1. The average molecular weight is 286 g/mol. The van der Waals surface area contributed by atoms with E-state index in [1.54, 1.807) is 44.2 Å². The van der Waals surface area contributed by atoms with Gasteiger partial charge in [-0.05, 0) is 25.5 Å². The molecule has 0 saturated heterocycles. The summed E-state index contributed by atoms with van der Waals surface area (Å²) in [6, 6.07) is 15.9. The van der Waals surface area contributed by atoms with E-state index >= 15 is 0 Å². The summed E-state index contributed by atoms with van der Waals surface area (Å²) < 4.78 is 5.68. The van der Waals surface area contributed by atoms with E-state index < -0.39 is 5.60 Å². The first-order chi connectivity index (χ1) is 10.5. The van der Waals surface area contributed by atoms with Gasteiger partial charge in [0.25, 0.3) is 0 Å². The van der Waals surface area contributed by atoms with Crippen LogP contribution in [0.3, 0.4) is 0 Å². The molecule has 1 radical (unpaired) electrons. The van der Waals surface area contributed by atoms with Crippen molar-refractivity contribution in [2.24, 2.45) is 0 Å². The fourth-order valence-electron chi connectivity index (χ4n) is 2.17. The van der Waals surface area contributed by atoms with Gasteiger partial charge < -0.3 is 4.74 Å². The van der Waals surface area contributed by atoms with Crippen LogP contribution in [0.25, 0.3) is 6.08 Å². The SMILES string of the molecule is CC1(C)OC(=C(C#N)C#N)C(C#N)=C1/C=C/c1cc[c]cc1. The van der Waals surface area contributed by atoms with Gasteiger partial charge in [0.05, 0.1) is 0 Å². The molecule has 4 heteroatoms. The van der Waals surface area contributed by atoms with Crippen LogP contribution in [0.15, 0.2) is 52.8 Å². The summed E-state index contributed by atoms with van der Waals surface area (Å²) in [6.07, 6.45) is 3.64. The smallest absolute Gasteiger partial charge is 0.172 e. The second-order valence-electron chi connectivity index (χ2n) is 5.11. The molecule has 105 valence electrons. The Bertz CT molecular complexity index is 791. The Morgan fingerprint density at radius 1 is 1.14 bits per heavy atom. The van der Waals surface area contributed by atoms with Gasteiger partial charge in [0.15, 0.2) is 11.3 Å². The molecule has 0 fully saturated rings. The number of hydrogen-bond donors (Lipinski definition) is 0. The lowest BCUT2D eigenvalue weighted by Crippen LogP contribution is -2.20. The Balaban J connectivity index is 2.56. The van der Waals surface area contributed by atoms with Crippen LogP contribution in [0.2, 0.25) is 0 Å². The number of rotatable bonds is 2. The van der Waals surface area contributed by atoms with Gasteiger partial charge in [0, 0.05) is 5.57 Å². The summed E-state index contributed by atoms with van der Waals surface area (Å²) in [5, 5.41) is 27.4. The van der Waals surface area contributed by atoms with Crippen molar-refractivity contribution in [3.8, 4) is 18.2 Å². The summed E-state index contributed by atoms with van der Waals surface area (Å²) >= 11 is 0. The minimum Gasteiger partial charge on any atom is -0.480 e. The fourth-order valence-corrected chi connectivity index (χ4v) is 2.17. The zero-order chi connectivity index (χ0) is 16.2. The summed E-state index contributed by atoms with van der Waals surface area (Å²) in [5.74, 6) is 0.0542. The van der Waals surface area contributed by atoms with Gasteiger partial charge in [-0.1, -0.05) is 36.4 Å². The molecule has 0 aromatic heterocycles. The van der Waals surface area contributed by atoms with Crippen LogP contribution in [0.5, 0.6) is 0 Å². The maximum Gasteiger partial charge on any atom is 0.172 e. The molecule has 1 aromatic rings. The van der Waals surface area contributed by atoms with Crippen molar-refractivity contribution < 1.29 is 4.74 Å². The third kappa shape index (κ3) is 2.75. The number of nitriles is 3. The zero-order valence-corrected chi connectivity index (χ0v) is 12.2. The summed E-state index contributed by atoms with van der Waals surface area (Å²) in [5.41, 5.74) is 0.846. The van der Waals surface area contributed by atoms with E-state index in [1.807, 2.05) is 24.3 Å². The molecule has 0 aliphatic carbocycles. The van der Waals surface area contributed by atoms with Crippen molar-refractivity contribution in [2.75, 3.05) is 0 Å². The van der Waals surface area contributed by atoms with E-state index in [1.165, 1.54) is 0 Å². The lowest BCUT2D eigenvalue weighted by Gasteiger charge is -2.20. The van der Waals surface area contributed by atoms with Gasteiger partial charge in [0.1, 0.15) is 29.4 Å². The molecule has 1 aliphatic heterocycles. The van der Waals surface area contributed by atoms with Gasteiger partial charge in [-0.3, -0.25) is 0 Å². The van der Waals surface area contributed by atoms with Gasteiger partial charge in [-0.25, -0.2) is 0 Å². The quantitative estimate of drug-likeness (QED) is 0.780. The largest absolute Gasteiger partial charge is 0.480 e. The summed E-state index contributed by atoms with van der Waals surface area (Å²) in [6.45, 7) is 3.59. The Labute approximate surface area is 129 Å². The van der Waals surface area contributed by atoms with Gasteiger partial charge in [-0.15, -0.1) is 0 Å². The van der Waals surface area contributed by atoms with Crippen molar-refractivity contribution in [3.63, 3.8) is 0 Å². The third-order valence-corrected chi connectivity index (χ3v) is 3.25. The highest BCUT2D eigenvalue weighted by Gasteiger charge is 2.38. The van der Waals surface area contributed by atoms with Crippen LogP contribution in [0.4, 0.5) is 0 Å². The highest BCUT2D eigenvalue weighted by atomic mass is 16.5. The van der Waals surface area contributed by atoms with Crippen LogP contribution >= 0.6 is 0 Å². The lowest BCUT2D eigenvalue weighted by molar-refractivity contribution is 0.0954. The van der Waals surface area contributed by atoms with Gasteiger partial charge >= 0.3 is 0 Å². The number of ether oxygens (including phenoxy) is 1. The highest BCUT2D eigenvalue weighted by Crippen LogP contribution is 2.40. The van der Waals surface area contributed by atoms with Crippen molar-refractivity contribution in [3.05, 3.63) is 64.4 Å². The Hall–Kier alpha value is -3.29. The monoisotopic (exact) mass is 286 g/mol. The molecule has 2 rings (SSSR count). The minimum absolute atomic E-state index is 0.0542. The van der Waals surface area contributed by atoms with E-state index in [0.717, 1.165) is 5.56 Å². The van der Waals surface area contributed by atoms with E-state index in [9.17, 15) is 5.26 Å². The molecular formula is C18H12N3O. The number of hydrogen-bond acceptors (Lipinski definition) is 4. The van der Waals surface area contributed by atoms with Crippen LogP contribution in [0.1, 0.15) is 19.4 Å². The molecule has 22 heavy (non-hydrogen) atoms. The van der Waals surface area contributed by atoms with Crippen molar-refractivity contribution in [1.29, 1.82) is 15.8 Å². The first-order valence-corrected chi connectivity index (χ1v) is 6.56. The fraction of sp³-hybridized carbons (Fsp3) is 0.167. The molecule has 0 amide bonds. The molecule has 0 saturated carbocycles. The molecule has 1 heterocycles. The maximum absolute atomic E-state index is 9.40. The second-order valence-corrected chi connectivity index (χ2v) is 5.11. The normalized spacial score (nSPS) is 15.9. The van der Waals surface area contributed by atoms with Crippen LogP contribution in [-0.2, 0) is 4.74 Å². The molecule has 0 spiro atoms. The summed E-state index contributed by atoms with van der Waals surface area (Å²) in [7, 11) is 0. The molecular weight excluding hydrogens is 274 g/mol. The first-order valence-electron chi connectivity index (χ1n) is 6.56. The van der Waals surface area contributed by atoms with E-state index in [-0.39, 0.29) is 16.9 Å². The van der Waals surface area contributed by atoms with Gasteiger partial charge in [0.2, 0.25) is 0 Å². The molecule has 0 N–H and O–H groups in total. The van der Waals surface area contributed by atoms with Crippen LogP contribution in [-0.4, -0.2) is 5.60 Å². The van der Waals surface area contributed by atoms with E-state index in [0.29, 0.717) is 5.57 Å². The first kappa shape index (κ1) is 15.1. The predicted molar refractivity (Wildman–Crippen MR) is 80.4 cm³/mol. The topological polar surface area (TPSA) is 80.6 Å². The molecule has 1 aromatic carbocycles. The molecule has 4 nitrogen and oxygen atoms in total. The van der Waals surface area contributed by atoms with Crippen LogP contribution < -0.4 is 0 Å². The molecule has 0 bridgehead atoms. The zero-order valence-electron chi connectivity index (χ0n) is 12.2. The second kappa shape index (κ2) is 6.00. The minimum atomic E-state index is -0.781. The Kier molecular flexibility index (Phi) is 4.12. The number of nitrogens with zero attached hydrogens (tertiary/aromatic N) is 3. The van der Waals surface area contributed by atoms with Crippen LogP contribution in [0, 0.1) is 40.1 Å². The number of allylic oxidation sites excluding steroid dienone is 2. The standard InChI is InChI=1S/C18H12N3O/c1-18(2)16(9-8-13-6-4-3-5-7-13)15(12-21)17(22-18)14(10-19)11-20/h4-9H,1-2H3/b9-8+. The molecule has 0 unspecified atom stereocenters. The average Bonchev–Trinajstić information content (AvgIpc) is 2.77. The van der Waals surface area contributed by atoms with Crippen molar-refractivity contribution >= 4 is 6.08 Å². The summed E-state index contributed by atoms with van der Waals surface area (Å²) in [4.78, 5) is 0. The van der Waals surface area contributed by atoms with Crippen molar-refractivity contribution in [1.82, 2.24) is 0 Å². The maximum atomic E-state index is 9.40.